The molecule has 4 atom stereocenters. The van der Waals surface area contributed by atoms with Crippen molar-refractivity contribution in [3.8, 4) is 0 Å². The van der Waals surface area contributed by atoms with Crippen LogP contribution in [0.15, 0.2) is 0 Å². The van der Waals surface area contributed by atoms with Crippen LogP contribution >= 0.6 is 0 Å². The number of amides is 3. The lowest BCUT2D eigenvalue weighted by Gasteiger charge is -2.27. The van der Waals surface area contributed by atoms with Gasteiger partial charge >= 0.3 is 11.9 Å². The van der Waals surface area contributed by atoms with Gasteiger partial charge in [-0.25, -0.2) is 4.79 Å². The molecule has 1 saturated heterocycles. The van der Waals surface area contributed by atoms with Crippen LogP contribution in [0.4, 0.5) is 0 Å². The number of aliphatic hydroxyl groups excluding tert-OH is 1. The Morgan fingerprint density at radius 3 is 2.30 bits per heavy atom. The molecule has 0 aromatic heterocycles. The number of aliphatic hydroxyl groups is 1. The van der Waals surface area contributed by atoms with E-state index in [1.807, 2.05) is 5.32 Å². The normalized spacial score (nSPS) is 19.7. The summed E-state index contributed by atoms with van der Waals surface area (Å²) in [4.78, 5) is 59.5. The maximum absolute atomic E-state index is 12.4. The molecule has 0 aliphatic carbocycles. The SMILES string of the molecule is CC(O)C(NC(=O)C1CCCN1C(=O)CN)C(=O)NC(CC(=O)O)C(=O)O. The van der Waals surface area contributed by atoms with Crippen molar-refractivity contribution in [1.82, 2.24) is 15.5 Å². The van der Waals surface area contributed by atoms with Gasteiger partial charge in [0.05, 0.1) is 19.1 Å². The molecule has 0 spiro atoms. The van der Waals surface area contributed by atoms with Gasteiger partial charge in [-0.2, -0.15) is 0 Å². The first-order chi connectivity index (χ1) is 12.6. The molecule has 0 radical (unpaired) electrons. The first-order valence-electron chi connectivity index (χ1n) is 8.31. The van der Waals surface area contributed by atoms with Gasteiger partial charge in [0.15, 0.2) is 0 Å². The molecule has 0 aromatic carbocycles. The van der Waals surface area contributed by atoms with Crippen LogP contribution in [0.2, 0.25) is 0 Å². The van der Waals surface area contributed by atoms with Crippen molar-refractivity contribution in [3.05, 3.63) is 0 Å². The van der Waals surface area contributed by atoms with Crippen LogP contribution in [0, 0.1) is 0 Å². The number of hydrogen-bond acceptors (Lipinski definition) is 7. The summed E-state index contributed by atoms with van der Waals surface area (Å²) < 4.78 is 0. The zero-order chi connectivity index (χ0) is 20.7. The maximum atomic E-state index is 12.4. The van der Waals surface area contributed by atoms with E-state index in [-0.39, 0.29) is 6.54 Å². The van der Waals surface area contributed by atoms with Gasteiger partial charge in [0, 0.05) is 6.54 Å². The lowest BCUT2D eigenvalue weighted by molar-refractivity contribution is -0.148. The molecule has 1 aliphatic rings. The molecular weight excluding hydrogens is 364 g/mol. The monoisotopic (exact) mass is 388 g/mol. The van der Waals surface area contributed by atoms with E-state index in [9.17, 15) is 29.1 Å². The number of carboxylic acids is 2. The molecule has 152 valence electrons. The average molecular weight is 388 g/mol. The van der Waals surface area contributed by atoms with Gasteiger partial charge in [0.25, 0.3) is 0 Å². The van der Waals surface area contributed by atoms with E-state index in [4.69, 9.17) is 15.9 Å². The van der Waals surface area contributed by atoms with Crippen molar-refractivity contribution in [2.75, 3.05) is 13.1 Å². The number of carbonyl (C=O) groups is 5. The van der Waals surface area contributed by atoms with Crippen molar-refractivity contribution >= 4 is 29.7 Å². The molecule has 7 N–H and O–H groups in total. The molecule has 1 aliphatic heterocycles. The molecule has 1 rings (SSSR count). The summed E-state index contributed by atoms with van der Waals surface area (Å²) >= 11 is 0. The molecule has 0 saturated carbocycles. The quantitative estimate of drug-likeness (QED) is 0.236. The number of rotatable bonds is 9. The van der Waals surface area contributed by atoms with Crippen molar-refractivity contribution in [3.63, 3.8) is 0 Å². The Bertz CT molecular complexity index is 609. The topological polar surface area (TPSA) is 199 Å². The van der Waals surface area contributed by atoms with Crippen molar-refractivity contribution in [1.29, 1.82) is 0 Å². The number of carbonyl (C=O) groups excluding carboxylic acids is 3. The highest BCUT2D eigenvalue weighted by molar-refractivity contribution is 5.94. The summed E-state index contributed by atoms with van der Waals surface area (Å²) in [5.74, 6) is -5.19. The number of likely N-dealkylation sites (tertiary alicyclic amines) is 1. The zero-order valence-corrected chi connectivity index (χ0v) is 14.8. The zero-order valence-electron chi connectivity index (χ0n) is 14.8. The van der Waals surface area contributed by atoms with Crippen LogP contribution < -0.4 is 16.4 Å². The molecule has 4 unspecified atom stereocenters. The minimum Gasteiger partial charge on any atom is -0.481 e. The van der Waals surface area contributed by atoms with Gasteiger partial charge in [0.2, 0.25) is 17.7 Å². The lowest BCUT2D eigenvalue weighted by atomic mass is 10.1. The van der Waals surface area contributed by atoms with Crippen molar-refractivity contribution in [2.45, 2.75) is 50.4 Å². The molecule has 0 aromatic rings. The van der Waals surface area contributed by atoms with Gasteiger partial charge in [-0.3, -0.25) is 19.2 Å². The molecule has 0 bridgehead atoms. The van der Waals surface area contributed by atoms with E-state index >= 15 is 0 Å². The summed E-state index contributed by atoms with van der Waals surface area (Å²) in [6, 6.07) is -4.11. The molecule has 27 heavy (non-hydrogen) atoms. The minimum atomic E-state index is -1.73. The third-order valence-electron chi connectivity index (χ3n) is 4.11. The minimum absolute atomic E-state index is 0.278. The van der Waals surface area contributed by atoms with E-state index in [1.54, 1.807) is 0 Å². The van der Waals surface area contributed by atoms with Crippen LogP contribution in [0.5, 0.6) is 0 Å². The number of nitrogens with one attached hydrogen (secondary N) is 2. The summed E-state index contributed by atoms with van der Waals surface area (Å²) in [6.07, 6.45) is -1.35. The summed E-state index contributed by atoms with van der Waals surface area (Å²) in [5.41, 5.74) is 5.30. The molecule has 1 fully saturated rings. The highest BCUT2D eigenvalue weighted by Crippen LogP contribution is 2.17. The van der Waals surface area contributed by atoms with Crippen LogP contribution in [0.25, 0.3) is 0 Å². The Morgan fingerprint density at radius 1 is 1.19 bits per heavy atom. The Kier molecular flexibility index (Phi) is 8.12. The number of nitrogens with two attached hydrogens (primary N) is 1. The Labute approximate surface area is 154 Å². The predicted molar refractivity (Wildman–Crippen MR) is 89.2 cm³/mol. The fourth-order valence-electron chi connectivity index (χ4n) is 2.75. The van der Waals surface area contributed by atoms with Crippen LogP contribution in [-0.4, -0.2) is 87.2 Å². The number of carboxylic acid groups (broad SMARTS) is 2. The summed E-state index contributed by atoms with van der Waals surface area (Å²) in [5, 5.41) is 31.7. The fourth-order valence-corrected chi connectivity index (χ4v) is 2.75. The first-order valence-corrected chi connectivity index (χ1v) is 8.31. The number of aliphatic carboxylic acids is 2. The Morgan fingerprint density at radius 2 is 1.81 bits per heavy atom. The fraction of sp³-hybridized carbons (Fsp3) is 0.667. The van der Waals surface area contributed by atoms with Crippen LogP contribution in [0.1, 0.15) is 26.2 Å². The molecule has 3 amide bonds. The Balaban J connectivity index is 2.84. The second kappa shape index (κ2) is 9.83. The van der Waals surface area contributed by atoms with Crippen molar-refractivity contribution in [2.24, 2.45) is 5.73 Å². The van der Waals surface area contributed by atoms with Gasteiger partial charge in [-0.15, -0.1) is 0 Å². The van der Waals surface area contributed by atoms with Crippen LogP contribution in [0.3, 0.4) is 0 Å². The second-order valence-electron chi connectivity index (χ2n) is 6.17. The third kappa shape index (κ3) is 6.18. The highest BCUT2D eigenvalue weighted by atomic mass is 16.4. The molecular formula is C15H24N4O8. The second-order valence-corrected chi connectivity index (χ2v) is 6.17. The number of hydrogen-bond donors (Lipinski definition) is 6. The van der Waals surface area contributed by atoms with Gasteiger partial charge < -0.3 is 36.6 Å². The average Bonchev–Trinajstić information content (AvgIpc) is 3.06. The predicted octanol–water partition coefficient (Wildman–Crippen LogP) is -3.15. The van der Waals surface area contributed by atoms with Gasteiger partial charge in [-0.05, 0) is 19.8 Å². The standard InChI is InChI=1S/C15H24N4O8/c1-7(20)12(14(25)17-8(15(26)27)5-11(22)23)18-13(24)9-3-2-4-19(9)10(21)6-16/h7-9,12,20H,2-6,16H2,1H3,(H,17,25)(H,18,24)(H,22,23)(H,26,27). The van der Waals surface area contributed by atoms with E-state index in [1.165, 1.54) is 11.8 Å². The number of nitrogens with zero attached hydrogens (tertiary/aromatic N) is 1. The summed E-state index contributed by atoms with van der Waals surface area (Å²) in [6.45, 7) is 1.26. The smallest absolute Gasteiger partial charge is 0.326 e. The van der Waals surface area contributed by atoms with E-state index < -0.39 is 60.3 Å². The largest absolute Gasteiger partial charge is 0.481 e. The Hall–Kier alpha value is -2.73. The lowest BCUT2D eigenvalue weighted by Crippen LogP contribution is -2.59. The first kappa shape index (κ1) is 22.3. The van der Waals surface area contributed by atoms with Crippen molar-refractivity contribution < 1.29 is 39.3 Å². The molecule has 12 heteroatoms. The van der Waals surface area contributed by atoms with E-state index in [2.05, 4.69) is 5.32 Å². The molecule has 12 nitrogen and oxygen atoms in total. The molecule has 1 heterocycles. The summed E-state index contributed by atoms with van der Waals surface area (Å²) in [7, 11) is 0. The third-order valence-corrected chi connectivity index (χ3v) is 4.11. The van der Waals surface area contributed by atoms with Gasteiger partial charge in [0.1, 0.15) is 18.1 Å². The van der Waals surface area contributed by atoms with Crippen LogP contribution in [-0.2, 0) is 24.0 Å². The maximum Gasteiger partial charge on any atom is 0.326 e. The highest BCUT2D eigenvalue weighted by Gasteiger charge is 2.37. The van der Waals surface area contributed by atoms with Gasteiger partial charge in [-0.1, -0.05) is 0 Å². The van der Waals surface area contributed by atoms with E-state index in [0.717, 1.165) is 0 Å². The van der Waals surface area contributed by atoms with E-state index in [0.29, 0.717) is 19.4 Å².